The minimum Gasteiger partial charge on any atom is -0.348 e. The lowest BCUT2D eigenvalue weighted by atomic mass is 9.85. The van der Waals surface area contributed by atoms with E-state index in [1.54, 1.807) is 30.3 Å². The van der Waals surface area contributed by atoms with Crippen molar-refractivity contribution in [3.63, 3.8) is 0 Å². The summed E-state index contributed by atoms with van der Waals surface area (Å²) in [6, 6.07) is 50.0. The first-order valence-corrected chi connectivity index (χ1v) is 15.9. The van der Waals surface area contributed by atoms with Gasteiger partial charge in [0.25, 0.3) is 5.79 Å². The van der Waals surface area contributed by atoms with Crippen molar-refractivity contribution < 1.29 is 22.0 Å². The molecule has 1 saturated carbocycles. The van der Waals surface area contributed by atoms with Crippen molar-refractivity contribution >= 4 is 16.6 Å². The van der Waals surface area contributed by atoms with Gasteiger partial charge in [-0.2, -0.15) is 28.1 Å². The number of hydrogen-bond acceptors (Lipinski definition) is 3. The number of nitriles is 2. The Morgan fingerprint density at radius 1 is 0.511 bits per heavy atom. The number of benzene rings is 5. The molecule has 3 nitrogen and oxygen atoms in total. The van der Waals surface area contributed by atoms with Gasteiger partial charge in [-0.15, -0.1) is 0 Å². The number of halogens is 5. The van der Waals surface area contributed by atoms with Crippen LogP contribution in [0.4, 0.5) is 27.6 Å². The van der Waals surface area contributed by atoms with Crippen molar-refractivity contribution in [2.45, 2.75) is 51.6 Å². The van der Waals surface area contributed by atoms with E-state index in [-0.39, 0.29) is 23.0 Å². The Kier molecular flexibility index (Phi) is 11.8. The van der Waals surface area contributed by atoms with E-state index in [4.69, 9.17) is 10.5 Å². The summed E-state index contributed by atoms with van der Waals surface area (Å²) in [5.74, 6) is -12.5. The highest BCUT2D eigenvalue weighted by molar-refractivity contribution is 7.97. The van der Waals surface area contributed by atoms with E-state index in [1.165, 1.54) is 39.0 Å². The average Bonchev–Trinajstić information content (AvgIpc) is 3.10. The van der Waals surface area contributed by atoms with Gasteiger partial charge in [0.15, 0.2) is 14.7 Å². The Labute approximate surface area is 274 Å². The standard InChI is InChI=1S/C18H15S.C12H12F5N.C8H4N2/c1-4-10-16(11-5-1)19(17-12-6-2-7-13-17)18-14-8-3-9-15-18;13-10(14)7-4-8-11(15,12(10,16)17)18-9-5-2-1-3-6-9;9-5-7-3-1-2-4-8(7)6-10/h1-15H;1-3,5-6,18H,4,7-8H2;1-4H/q+1;;. The molecule has 5 aromatic rings. The minimum atomic E-state index is -4.73. The van der Waals surface area contributed by atoms with Crippen LogP contribution in [0.15, 0.2) is 160 Å². The van der Waals surface area contributed by atoms with Crippen LogP contribution >= 0.6 is 0 Å². The van der Waals surface area contributed by atoms with E-state index in [0.29, 0.717) is 11.1 Å². The number of hydrogen-bond donors (Lipinski definition) is 1. The molecule has 1 unspecified atom stereocenters. The molecule has 0 radical (unpaired) electrons. The van der Waals surface area contributed by atoms with E-state index in [1.807, 2.05) is 17.5 Å². The molecule has 1 aliphatic carbocycles. The first-order valence-electron chi connectivity index (χ1n) is 14.7. The van der Waals surface area contributed by atoms with Crippen LogP contribution in [0.5, 0.6) is 0 Å². The first-order chi connectivity index (χ1) is 22.6. The largest absolute Gasteiger partial charge is 0.361 e. The highest BCUT2D eigenvalue weighted by atomic mass is 32.2. The van der Waals surface area contributed by atoms with Crippen LogP contribution in [0.2, 0.25) is 0 Å². The van der Waals surface area contributed by atoms with Crippen LogP contribution in [0.1, 0.15) is 30.4 Å². The predicted octanol–water partition coefficient (Wildman–Crippen LogP) is 10.4. The third-order valence-corrected chi connectivity index (χ3v) is 9.42. The number of alkyl halides is 5. The van der Waals surface area contributed by atoms with Gasteiger partial charge >= 0.3 is 11.8 Å². The maximum Gasteiger partial charge on any atom is 0.361 e. The molecule has 5 aromatic carbocycles. The zero-order valence-corrected chi connectivity index (χ0v) is 26.0. The van der Waals surface area contributed by atoms with Gasteiger partial charge in [0.05, 0.1) is 22.0 Å². The molecule has 0 spiro atoms. The van der Waals surface area contributed by atoms with Gasteiger partial charge in [0.1, 0.15) is 12.1 Å². The smallest absolute Gasteiger partial charge is 0.348 e. The van der Waals surface area contributed by atoms with Crippen molar-refractivity contribution in [1.82, 2.24) is 0 Å². The fourth-order valence-electron chi connectivity index (χ4n) is 4.81. The number of nitrogens with zero attached hydrogens (tertiary/aromatic N) is 2. The van der Waals surface area contributed by atoms with Crippen LogP contribution in [-0.2, 0) is 10.9 Å². The number of nitrogens with one attached hydrogen (secondary N) is 1. The second-order valence-electron chi connectivity index (χ2n) is 10.4. The molecular formula is C38H31F5N3S+. The zero-order valence-electron chi connectivity index (χ0n) is 25.2. The molecule has 238 valence electrons. The normalized spacial score (nSPS) is 17.4. The molecule has 0 amide bonds. The molecule has 47 heavy (non-hydrogen) atoms. The van der Waals surface area contributed by atoms with E-state index in [9.17, 15) is 22.0 Å². The maximum absolute atomic E-state index is 14.2. The second-order valence-corrected chi connectivity index (χ2v) is 12.5. The molecule has 1 fully saturated rings. The number of anilines is 1. The van der Waals surface area contributed by atoms with Gasteiger partial charge in [-0.1, -0.05) is 84.9 Å². The highest BCUT2D eigenvalue weighted by Gasteiger charge is 2.71. The Morgan fingerprint density at radius 2 is 0.872 bits per heavy atom. The van der Waals surface area contributed by atoms with E-state index in [2.05, 4.69) is 91.0 Å². The molecule has 6 rings (SSSR count). The van der Waals surface area contributed by atoms with Crippen molar-refractivity contribution in [1.29, 1.82) is 10.5 Å². The van der Waals surface area contributed by atoms with Crippen LogP contribution < -0.4 is 5.32 Å². The molecule has 1 N–H and O–H groups in total. The zero-order chi connectivity index (χ0) is 33.8. The third kappa shape index (κ3) is 8.58. The Hall–Kier alpha value is -5.12. The monoisotopic (exact) mass is 656 g/mol. The molecule has 9 heteroatoms. The molecule has 1 atom stereocenters. The summed E-state index contributed by atoms with van der Waals surface area (Å²) in [4.78, 5) is 4.08. The Bertz CT molecular complexity index is 1650. The maximum atomic E-state index is 14.2. The fourth-order valence-corrected chi connectivity index (χ4v) is 6.91. The van der Waals surface area contributed by atoms with Gasteiger partial charge in [0, 0.05) is 18.5 Å². The minimum absolute atomic E-state index is 0.0146. The molecule has 0 bridgehead atoms. The molecule has 0 heterocycles. The summed E-state index contributed by atoms with van der Waals surface area (Å²) in [7, 11) is -0.0146. The van der Waals surface area contributed by atoms with E-state index >= 15 is 0 Å². The number of para-hydroxylation sites is 1. The molecule has 0 saturated heterocycles. The SMILES string of the molecule is FC1(F)CCCC(F)(Nc2ccccc2)C1(F)F.N#Cc1ccccc1C#N.c1ccc([S+](c2ccccc2)c2ccccc2)cc1. The third-order valence-electron chi connectivity index (χ3n) is 7.19. The Balaban J connectivity index is 0.000000168. The molecule has 1 aliphatic rings. The van der Waals surface area contributed by atoms with Gasteiger partial charge in [-0.25, -0.2) is 4.39 Å². The molecule has 0 aromatic heterocycles. The van der Waals surface area contributed by atoms with Crippen molar-refractivity contribution in [3.8, 4) is 12.1 Å². The van der Waals surface area contributed by atoms with Crippen molar-refractivity contribution in [2.24, 2.45) is 0 Å². The average molecular weight is 657 g/mol. The van der Waals surface area contributed by atoms with E-state index < -0.39 is 30.5 Å². The van der Waals surface area contributed by atoms with Crippen LogP contribution in [0.25, 0.3) is 0 Å². The van der Waals surface area contributed by atoms with Crippen molar-refractivity contribution in [3.05, 3.63) is 157 Å². The van der Waals surface area contributed by atoms with E-state index in [0.717, 1.165) is 0 Å². The van der Waals surface area contributed by atoms with Gasteiger partial charge in [-0.3, -0.25) is 0 Å². The van der Waals surface area contributed by atoms with Gasteiger partial charge < -0.3 is 5.32 Å². The summed E-state index contributed by atoms with van der Waals surface area (Å²) >= 11 is 0. The fraction of sp³-hybridized carbons (Fsp3) is 0.158. The topological polar surface area (TPSA) is 59.6 Å². The molecular weight excluding hydrogens is 625 g/mol. The lowest BCUT2D eigenvalue weighted by molar-refractivity contribution is -0.284. The summed E-state index contributed by atoms with van der Waals surface area (Å²) < 4.78 is 67.5. The van der Waals surface area contributed by atoms with Crippen LogP contribution in [0, 0.1) is 22.7 Å². The van der Waals surface area contributed by atoms with Gasteiger partial charge in [-0.05, 0) is 67.1 Å². The second kappa shape index (κ2) is 15.9. The quantitative estimate of drug-likeness (QED) is 0.116. The lowest BCUT2D eigenvalue weighted by Gasteiger charge is -2.42. The molecule has 0 aliphatic heterocycles. The lowest BCUT2D eigenvalue weighted by Crippen LogP contribution is -2.62. The van der Waals surface area contributed by atoms with Crippen LogP contribution in [0.3, 0.4) is 0 Å². The highest BCUT2D eigenvalue weighted by Crippen LogP contribution is 2.53. The first kappa shape index (κ1) is 34.7. The summed E-state index contributed by atoms with van der Waals surface area (Å²) in [6.45, 7) is 0. The summed E-state index contributed by atoms with van der Waals surface area (Å²) in [5, 5.41) is 18.8. The predicted molar refractivity (Wildman–Crippen MR) is 175 cm³/mol. The van der Waals surface area contributed by atoms with Crippen molar-refractivity contribution in [2.75, 3.05) is 5.32 Å². The van der Waals surface area contributed by atoms with Gasteiger partial charge in [0.2, 0.25) is 0 Å². The van der Waals surface area contributed by atoms with Crippen LogP contribution in [-0.4, -0.2) is 17.6 Å². The summed E-state index contributed by atoms with van der Waals surface area (Å²) in [6.07, 6.45) is -1.94. The summed E-state index contributed by atoms with van der Waals surface area (Å²) in [5.41, 5.74) is 0.923. The Morgan fingerprint density at radius 3 is 1.26 bits per heavy atom. The number of rotatable bonds is 5.